The Morgan fingerprint density at radius 3 is 2.36 bits per heavy atom. The zero-order chi connectivity index (χ0) is 29.1. The van der Waals surface area contributed by atoms with Crippen LogP contribution in [-0.4, -0.2) is 44.0 Å². The first-order valence-corrected chi connectivity index (χ1v) is 12.3. The molecule has 0 aliphatic carbocycles. The first-order chi connectivity index (χ1) is 18.7. The zero-order valence-electron chi connectivity index (χ0n) is 22.9. The molecule has 3 aromatic rings. The van der Waals surface area contributed by atoms with Gasteiger partial charge in [-0.2, -0.15) is 0 Å². The van der Waals surface area contributed by atoms with Crippen LogP contribution in [0.2, 0.25) is 0 Å². The molecule has 10 nitrogen and oxygen atoms in total. The van der Waals surface area contributed by atoms with Gasteiger partial charge in [-0.05, 0) is 50.1 Å². The van der Waals surface area contributed by atoms with Crippen molar-refractivity contribution in [2.24, 2.45) is 7.05 Å². The molecule has 3 rings (SSSR count). The number of anilines is 4. The monoisotopic (exact) mass is 539 g/mol. The van der Waals surface area contributed by atoms with E-state index in [9.17, 15) is 18.8 Å². The number of nitrogens with one attached hydrogen (secondary N) is 3. The predicted molar refractivity (Wildman–Crippen MR) is 150 cm³/mol. The Bertz CT molecular complexity index is 1390. The molecular formula is C28H34FN5O5. The van der Waals surface area contributed by atoms with Crippen molar-refractivity contribution in [2.45, 2.75) is 27.2 Å². The van der Waals surface area contributed by atoms with Gasteiger partial charge in [0.1, 0.15) is 22.9 Å². The van der Waals surface area contributed by atoms with E-state index in [-0.39, 0.29) is 28.3 Å². The first kappa shape index (κ1) is 30.6. The fraction of sp³-hybridized carbons (Fsp3) is 0.286. The topological polar surface area (TPSA) is 122 Å². The molecule has 0 aliphatic heterocycles. The van der Waals surface area contributed by atoms with E-state index in [0.717, 1.165) is 5.56 Å². The van der Waals surface area contributed by atoms with Crippen LogP contribution in [0.1, 0.15) is 35.3 Å². The van der Waals surface area contributed by atoms with Crippen molar-refractivity contribution >= 4 is 41.6 Å². The number of aromatic nitrogens is 1. The summed E-state index contributed by atoms with van der Waals surface area (Å²) in [4.78, 5) is 49.0. The molecule has 0 unspecified atom stereocenters. The smallest absolute Gasteiger partial charge is 0.256 e. The SMILES string of the molecule is CCOc1cccc(N(C=O)c2c(C(=O)NC)c(Nc3ccc(CC)cc3F)n(C)c(=O)c2C)c1.CNC=O. The van der Waals surface area contributed by atoms with Crippen molar-refractivity contribution in [3.8, 4) is 5.75 Å². The molecule has 0 bridgehead atoms. The van der Waals surface area contributed by atoms with Gasteiger partial charge in [-0.3, -0.25) is 28.6 Å². The molecule has 0 atom stereocenters. The summed E-state index contributed by atoms with van der Waals surface area (Å²) >= 11 is 0. The third-order valence-corrected chi connectivity index (χ3v) is 5.81. The predicted octanol–water partition coefficient (Wildman–Crippen LogP) is 3.55. The molecule has 208 valence electrons. The molecule has 0 saturated heterocycles. The van der Waals surface area contributed by atoms with Crippen molar-refractivity contribution in [3.05, 3.63) is 75.3 Å². The van der Waals surface area contributed by atoms with Gasteiger partial charge < -0.3 is 20.7 Å². The van der Waals surface area contributed by atoms with Gasteiger partial charge in [0.25, 0.3) is 11.5 Å². The molecular weight excluding hydrogens is 505 g/mol. The third-order valence-electron chi connectivity index (χ3n) is 5.81. The van der Waals surface area contributed by atoms with Crippen LogP contribution in [0.3, 0.4) is 0 Å². The van der Waals surface area contributed by atoms with Crippen LogP contribution in [0, 0.1) is 12.7 Å². The summed E-state index contributed by atoms with van der Waals surface area (Å²) in [5.41, 5.74) is 1.12. The van der Waals surface area contributed by atoms with E-state index in [1.54, 1.807) is 43.4 Å². The van der Waals surface area contributed by atoms with Crippen LogP contribution in [0.5, 0.6) is 5.75 Å². The van der Waals surface area contributed by atoms with Crippen molar-refractivity contribution in [1.29, 1.82) is 0 Å². The van der Waals surface area contributed by atoms with Crippen molar-refractivity contribution in [3.63, 3.8) is 0 Å². The Balaban J connectivity index is 0.00000124. The van der Waals surface area contributed by atoms with Gasteiger partial charge >= 0.3 is 0 Å². The minimum absolute atomic E-state index is 0.0139. The quantitative estimate of drug-likeness (QED) is 0.339. The summed E-state index contributed by atoms with van der Waals surface area (Å²) in [6.45, 7) is 5.71. The fourth-order valence-electron chi connectivity index (χ4n) is 3.85. The summed E-state index contributed by atoms with van der Waals surface area (Å²) < 4.78 is 21.6. The lowest BCUT2D eigenvalue weighted by Crippen LogP contribution is -2.33. The van der Waals surface area contributed by atoms with E-state index < -0.39 is 17.3 Å². The maximum atomic E-state index is 14.8. The van der Waals surface area contributed by atoms with Crippen LogP contribution in [-0.2, 0) is 23.1 Å². The number of ether oxygens (including phenoxy) is 1. The van der Waals surface area contributed by atoms with E-state index in [1.165, 1.54) is 36.6 Å². The van der Waals surface area contributed by atoms with E-state index in [2.05, 4.69) is 16.0 Å². The number of benzene rings is 2. The zero-order valence-corrected chi connectivity index (χ0v) is 22.9. The summed E-state index contributed by atoms with van der Waals surface area (Å²) in [5.74, 6) is -0.514. The number of pyridine rings is 1. The molecule has 2 aromatic carbocycles. The third kappa shape index (κ3) is 7.01. The van der Waals surface area contributed by atoms with Gasteiger partial charge in [-0.25, -0.2) is 4.39 Å². The van der Waals surface area contributed by atoms with Crippen LogP contribution in [0.4, 0.5) is 27.3 Å². The largest absolute Gasteiger partial charge is 0.494 e. The maximum absolute atomic E-state index is 14.8. The van der Waals surface area contributed by atoms with Crippen LogP contribution in [0.15, 0.2) is 47.3 Å². The standard InChI is InChI=1S/C26H29FN4O4.C2H5NO/c1-6-17-11-12-21(20(27)13-17)29-24-22(25(33)28-4)23(16(3)26(34)30(24)5)31(15-32)18-9-8-10-19(14-18)35-7-2;1-3-2-4/h8-15,29H,6-7H2,1-5H3,(H,28,33);2H,1H3,(H,3,4). The van der Waals surface area contributed by atoms with Crippen molar-refractivity contribution in [1.82, 2.24) is 15.2 Å². The van der Waals surface area contributed by atoms with Gasteiger partial charge in [0.15, 0.2) is 0 Å². The second-order valence-electron chi connectivity index (χ2n) is 8.25. The Hall–Kier alpha value is -4.67. The minimum atomic E-state index is -0.556. The van der Waals surface area contributed by atoms with E-state index >= 15 is 0 Å². The van der Waals surface area contributed by atoms with Gasteiger partial charge in [-0.15, -0.1) is 0 Å². The molecule has 1 heterocycles. The average Bonchev–Trinajstić information content (AvgIpc) is 2.95. The number of halogens is 1. The number of hydrogen-bond acceptors (Lipinski definition) is 6. The van der Waals surface area contributed by atoms with Gasteiger partial charge in [0.2, 0.25) is 12.8 Å². The summed E-state index contributed by atoms with van der Waals surface area (Å²) in [6, 6.07) is 11.4. The Morgan fingerprint density at radius 1 is 1.13 bits per heavy atom. The van der Waals surface area contributed by atoms with E-state index in [4.69, 9.17) is 9.53 Å². The lowest BCUT2D eigenvalue weighted by Gasteiger charge is -2.26. The number of carbonyl (C=O) groups excluding carboxylic acids is 3. The van der Waals surface area contributed by atoms with Crippen molar-refractivity contribution < 1.29 is 23.5 Å². The number of rotatable bonds is 10. The Kier molecular flexibility index (Phi) is 11.2. The molecule has 39 heavy (non-hydrogen) atoms. The van der Waals surface area contributed by atoms with Crippen molar-refractivity contribution in [2.75, 3.05) is 30.9 Å². The molecule has 1 aromatic heterocycles. The van der Waals surface area contributed by atoms with Crippen LogP contribution >= 0.6 is 0 Å². The number of carbonyl (C=O) groups is 3. The fourth-order valence-corrected chi connectivity index (χ4v) is 3.85. The minimum Gasteiger partial charge on any atom is -0.494 e. The van der Waals surface area contributed by atoms with E-state index in [0.29, 0.717) is 37.3 Å². The molecule has 3 amide bonds. The lowest BCUT2D eigenvalue weighted by molar-refractivity contribution is -0.109. The number of amides is 3. The highest BCUT2D eigenvalue weighted by molar-refractivity contribution is 6.08. The summed E-state index contributed by atoms with van der Waals surface area (Å²) in [6.07, 6.45) is 1.81. The first-order valence-electron chi connectivity index (χ1n) is 12.3. The second-order valence-corrected chi connectivity index (χ2v) is 8.25. The molecule has 0 fully saturated rings. The lowest BCUT2D eigenvalue weighted by atomic mass is 10.1. The molecule has 0 saturated carbocycles. The van der Waals surface area contributed by atoms with Gasteiger partial charge in [-0.1, -0.05) is 19.1 Å². The average molecular weight is 540 g/mol. The maximum Gasteiger partial charge on any atom is 0.256 e. The summed E-state index contributed by atoms with van der Waals surface area (Å²) in [7, 11) is 4.48. The number of aryl methyl sites for hydroxylation is 1. The molecule has 11 heteroatoms. The normalized spacial score (nSPS) is 10.0. The Labute approximate surface area is 226 Å². The Morgan fingerprint density at radius 2 is 1.82 bits per heavy atom. The highest BCUT2D eigenvalue weighted by Gasteiger charge is 2.28. The number of nitrogens with zero attached hydrogens (tertiary/aromatic N) is 2. The highest BCUT2D eigenvalue weighted by atomic mass is 19.1. The van der Waals surface area contributed by atoms with Gasteiger partial charge in [0, 0.05) is 32.8 Å². The second kappa shape index (κ2) is 14.3. The number of hydrogen-bond donors (Lipinski definition) is 3. The molecule has 0 aliphatic rings. The molecule has 0 spiro atoms. The molecule has 3 N–H and O–H groups in total. The van der Waals surface area contributed by atoms with Crippen LogP contribution < -0.4 is 31.1 Å². The van der Waals surface area contributed by atoms with Crippen LogP contribution in [0.25, 0.3) is 0 Å². The molecule has 0 radical (unpaired) electrons. The highest BCUT2D eigenvalue weighted by Crippen LogP contribution is 2.36. The summed E-state index contributed by atoms with van der Waals surface area (Å²) in [5, 5.41) is 7.72. The van der Waals surface area contributed by atoms with E-state index in [1.807, 2.05) is 13.8 Å². The van der Waals surface area contributed by atoms with Gasteiger partial charge in [0.05, 0.1) is 23.7 Å².